The second-order valence-electron chi connectivity index (χ2n) is 6.47. The van der Waals surface area contributed by atoms with Gasteiger partial charge in [0.25, 0.3) is 15.9 Å². The summed E-state index contributed by atoms with van der Waals surface area (Å²) in [4.78, 5) is 12.0. The lowest BCUT2D eigenvalue weighted by Crippen LogP contribution is -2.15. The summed E-state index contributed by atoms with van der Waals surface area (Å²) in [6.45, 7) is 7.04. The molecule has 3 aromatic rings. The predicted molar refractivity (Wildman–Crippen MR) is 106 cm³/mol. The molecule has 0 radical (unpaired) electrons. The van der Waals surface area contributed by atoms with Crippen LogP contribution in [0.15, 0.2) is 33.6 Å². The molecule has 2 aromatic heterocycles. The van der Waals surface area contributed by atoms with E-state index in [0.717, 1.165) is 0 Å². The zero-order valence-corrected chi connectivity index (χ0v) is 17.6. The van der Waals surface area contributed by atoms with Crippen LogP contribution in [-0.4, -0.2) is 35.8 Å². The van der Waals surface area contributed by atoms with Crippen LogP contribution in [0.3, 0.4) is 0 Å². The minimum Gasteiger partial charge on any atom is -0.462 e. The Bertz CT molecular complexity index is 1180. The number of aryl methyl sites for hydroxylation is 1. The number of rotatable bonds is 6. The number of benzene rings is 1. The second-order valence-corrected chi connectivity index (χ2v) is 8.09. The van der Waals surface area contributed by atoms with Gasteiger partial charge in [-0.1, -0.05) is 6.07 Å². The van der Waals surface area contributed by atoms with Crippen LogP contribution in [0.25, 0.3) is 11.5 Å². The third-order valence-corrected chi connectivity index (χ3v) is 6.10. The van der Waals surface area contributed by atoms with Crippen molar-refractivity contribution in [2.45, 2.75) is 32.6 Å². The molecule has 10 heteroatoms. The van der Waals surface area contributed by atoms with Gasteiger partial charge in [0.05, 0.1) is 17.7 Å². The van der Waals surface area contributed by atoms with Crippen LogP contribution < -0.4 is 4.72 Å². The van der Waals surface area contributed by atoms with Crippen LogP contribution in [0.5, 0.6) is 0 Å². The number of hydrogen-bond donors (Lipinski definition) is 1. The van der Waals surface area contributed by atoms with E-state index in [9.17, 15) is 13.2 Å². The maximum Gasteiger partial charge on any atom is 0.338 e. The van der Waals surface area contributed by atoms with Gasteiger partial charge in [-0.25, -0.2) is 13.2 Å². The molecule has 0 fully saturated rings. The van der Waals surface area contributed by atoms with Gasteiger partial charge in [0.2, 0.25) is 5.89 Å². The van der Waals surface area contributed by atoms with E-state index in [4.69, 9.17) is 9.15 Å². The topological polar surface area (TPSA) is 116 Å². The summed E-state index contributed by atoms with van der Waals surface area (Å²) in [7, 11) is -2.26. The first-order valence-corrected chi connectivity index (χ1v) is 10.4. The molecule has 0 spiro atoms. The molecule has 0 amide bonds. The molecule has 0 aliphatic heterocycles. The molecule has 154 valence electrons. The minimum atomic E-state index is -4.02. The molecule has 0 saturated heterocycles. The Morgan fingerprint density at radius 3 is 2.55 bits per heavy atom. The zero-order chi connectivity index (χ0) is 21.3. The highest BCUT2D eigenvalue weighted by Gasteiger charge is 2.30. The zero-order valence-electron chi connectivity index (χ0n) is 16.8. The average molecular weight is 418 g/mol. The van der Waals surface area contributed by atoms with E-state index in [2.05, 4.69) is 14.9 Å². The third-order valence-electron chi connectivity index (χ3n) is 4.56. The molecule has 0 unspecified atom stereocenters. The molecule has 1 N–H and O–H groups in total. The molecule has 0 aliphatic rings. The molecular weight excluding hydrogens is 396 g/mol. The molecule has 29 heavy (non-hydrogen) atoms. The van der Waals surface area contributed by atoms with Gasteiger partial charge in [0.1, 0.15) is 4.90 Å². The highest BCUT2D eigenvalue weighted by atomic mass is 32.2. The Morgan fingerprint density at radius 2 is 1.93 bits per heavy atom. The molecule has 1 aromatic carbocycles. The number of esters is 1. The number of sulfonamides is 1. The number of aromatic nitrogens is 3. The first kappa shape index (κ1) is 20.6. The number of nitrogens with one attached hydrogen (secondary N) is 1. The quantitative estimate of drug-likeness (QED) is 0.612. The van der Waals surface area contributed by atoms with Gasteiger partial charge in [-0.2, -0.15) is 0 Å². The first-order valence-electron chi connectivity index (χ1n) is 8.92. The highest BCUT2D eigenvalue weighted by molar-refractivity contribution is 7.93. The normalized spacial score (nSPS) is 11.5. The van der Waals surface area contributed by atoms with Crippen molar-refractivity contribution in [2.24, 2.45) is 7.05 Å². The van der Waals surface area contributed by atoms with Crippen LogP contribution >= 0.6 is 0 Å². The SMILES string of the molecule is CCOC(=O)c1cccc(NS(=O)(=O)c2c(-c3nnc(C)o3)c(C)n(C)c2C)c1. The van der Waals surface area contributed by atoms with E-state index in [1.54, 1.807) is 57.5 Å². The smallest absolute Gasteiger partial charge is 0.338 e. The van der Waals surface area contributed by atoms with E-state index in [1.807, 2.05) is 0 Å². The van der Waals surface area contributed by atoms with Crippen LogP contribution in [0.4, 0.5) is 5.69 Å². The van der Waals surface area contributed by atoms with Gasteiger partial charge in [-0.3, -0.25) is 4.72 Å². The van der Waals surface area contributed by atoms with Crippen LogP contribution in [-0.2, 0) is 21.8 Å². The number of hydrogen-bond acceptors (Lipinski definition) is 7. The largest absolute Gasteiger partial charge is 0.462 e. The molecule has 2 heterocycles. The van der Waals surface area contributed by atoms with Gasteiger partial charge in [-0.05, 0) is 39.0 Å². The average Bonchev–Trinajstić information content (AvgIpc) is 3.18. The van der Waals surface area contributed by atoms with Crippen LogP contribution in [0.1, 0.15) is 34.6 Å². The maximum absolute atomic E-state index is 13.3. The van der Waals surface area contributed by atoms with Gasteiger partial charge in [-0.15, -0.1) is 10.2 Å². The fourth-order valence-electron chi connectivity index (χ4n) is 3.03. The lowest BCUT2D eigenvalue weighted by atomic mass is 10.2. The second kappa shape index (κ2) is 7.70. The van der Waals surface area contributed by atoms with Crippen molar-refractivity contribution < 1.29 is 22.4 Å². The monoisotopic (exact) mass is 418 g/mol. The standard InChI is InChI=1S/C19H22N4O5S/c1-6-27-19(24)14-8-7-9-15(10-14)22-29(25,26)17-12(3)23(5)11(2)16(17)18-21-20-13(4)28-18/h7-10,22H,6H2,1-5H3. The summed E-state index contributed by atoms with van der Waals surface area (Å²) in [6.07, 6.45) is 0. The van der Waals surface area contributed by atoms with E-state index in [0.29, 0.717) is 22.8 Å². The Morgan fingerprint density at radius 1 is 1.21 bits per heavy atom. The molecule has 3 rings (SSSR count). The van der Waals surface area contributed by atoms with E-state index >= 15 is 0 Å². The van der Waals surface area contributed by atoms with Crippen molar-refractivity contribution in [3.63, 3.8) is 0 Å². The Kier molecular flexibility index (Phi) is 5.47. The van der Waals surface area contributed by atoms with Gasteiger partial charge < -0.3 is 13.7 Å². The Labute approximate surface area is 168 Å². The Hall–Kier alpha value is -3.14. The Balaban J connectivity index is 2.06. The van der Waals surface area contributed by atoms with E-state index in [-0.39, 0.29) is 28.6 Å². The summed E-state index contributed by atoms with van der Waals surface area (Å²) in [5.41, 5.74) is 2.03. The summed E-state index contributed by atoms with van der Waals surface area (Å²) in [6, 6.07) is 6.12. The van der Waals surface area contributed by atoms with Crippen molar-refractivity contribution in [3.8, 4) is 11.5 Å². The number of nitrogens with zero attached hydrogens (tertiary/aromatic N) is 3. The third kappa shape index (κ3) is 3.88. The lowest BCUT2D eigenvalue weighted by Gasteiger charge is -2.10. The first-order chi connectivity index (χ1) is 13.7. The van der Waals surface area contributed by atoms with Crippen molar-refractivity contribution in [1.29, 1.82) is 0 Å². The predicted octanol–water partition coefficient (Wildman–Crippen LogP) is 2.98. The summed E-state index contributed by atoms with van der Waals surface area (Å²) in [5.74, 6) is -0.0639. The number of carbonyl (C=O) groups excluding carboxylic acids is 1. The number of carbonyl (C=O) groups is 1. The lowest BCUT2D eigenvalue weighted by molar-refractivity contribution is 0.0526. The van der Waals surface area contributed by atoms with E-state index < -0.39 is 16.0 Å². The summed E-state index contributed by atoms with van der Waals surface area (Å²) >= 11 is 0. The highest BCUT2D eigenvalue weighted by Crippen LogP contribution is 2.35. The molecule has 0 saturated carbocycles. The van der Waals surface area contributed by atoms with Crippen molar-refractivity contribution in [2.75, 3.05) is 11.3 Å². The summed E-state index contributed by atoms with van der Waals surface area (Å²) < 4.78 is 41.3. The number of ether oxygens (including phenoxy) is 1. The molecule has 0 aliphatic carbocycles. The van der Waals surface area contributed by atoms with Gasteiger partial charge in [0, 0.05) is 31.0 Å². The van der Waals surface area contributed by atoms with Crippen molar-refractivity contribution in [1.82, 2.24) is 14.8 Å². The van der Waals surface area contributed by atoms with Gasteiger partial charge in [0.15, 0.2) is 0 Å². The molecule has 9 nitrogen and oxygen atoms in total. The van der Waals surface area contributed by atoms with Crippen LogP contribution in [0, 0.1) is 20.8 Å². The molecule has 0 atom stereocenters. The van der Waals surface area contributed by atoms with E-state index in [1.165, 1.54) is 6.07 Å². The maximum atomic E-state index is 13.3. The fourth-order valence-corrected chi connectivity index (χ4v) is 4.59. The molecule has 0 bridgehead atoms. The molecular formula is C19H22N4O5S. The van der Waals surface area contributed by atoms with Crippen molar-refractivity contribution >= 4 is 21.7 Å². The van der Waals surface area contributed by atoms with Crippen molar-refractivity contribution in [3.05, 3.63) is 47.1 Å². The fraction of sp³-hybridized carbons (Fsp3) is 0.316. The number of anilines is 1. The summed E-state index contributed by atoms with van der Waals surface area (Å²) in [5, 5.41) is 7.79. The minimum absolute atomic E-state index is 0.0442. The van der Waals surface area contributed by atoms with Gasteiger partial charge >= 0.3 is 5.97 Å². The van der Waals surface area contributed by atoms with Crippen LogP contribution in [0.2, 0.25) is 0 Å².